The largest absolute Gasteiger partial charge is 0.493 e. The molecular weight excluding hydrogens is 981 g/mol. The molecule has 2 N–H and O–H groups in total. The summed E-state index contributed by atoms with van der Waals surface area (Å²) < 4.78 is 107. The molecule has 4 heterocycles. The number of hydrogen-bond donors (Lipinski definition) is 2. The second kappa shape index (κ2) is 28.0. The van der Waals surface area contributed by atoms with Crippen LogP contribution in [0, 0.1) is 11.8 Å². The van der Waals surface area contributed by atoms with Crippen LogP contribution in [0.5, 0.6) is 11.5 Å². The Kier molecular flexibility index (Phi) is 23.9. The number of piperidine rings is 2. The van der Waals surface area contributed by atoms with Crippen LogP contribution in [0.25, 0.3) is 0 Å². The zero-order valence-electron chi connectivity index (χ0n) is 40.3. The summed E-state index contributed by atoms with van der Waals surface area (Å²) in [4.78, 5) is 52.3. The first kappa shape index (κ1) is 59.9. The number of carbonyl (C=O) groups excluding carboxylic acids is 3. The van der Waals surface area contributed by atoms with E-state index in [0.717, 1.165) is 63.0 Å². The van der Waals surface area contributed by atoms with Gasteiger partial charge >= 0.3 is 30.5 Å². The number of alkyl halides is 8. The van der Waals surface area contributed by atoms with E-state index in [4.69, 9.17) is 56.7 Å². The number of carboxylic acids is 1. The number of carbonyl (C=O) groups is 4. The quantitative estimate of drug-likeness (QED) is 0.191. The summed E-state index contributed by atoms with van der Waals surface area (Å²) in [5.41, 5.74) is -2.57. The minimum Gasteiger partial charge on any atom is -0.493 e. The predicted molar refractivity (Wildman–Crippen MR) is 248 cm³/mol. The van der Waals surface area contributed by atoms with Crippen molar-refractivity contribution < 1.29 is 79.0 Å². The Labute approximate surface area is 415 Å². The molecule has 4 aliphatic heterocycles. The standard InChI is InChI=1S/C23H31F3N2O5.C13H16F3NO.C10H17NO5.CH2Cl2/c1-22(2,3)33-21(30)28-11-12-31-19(14-28)20(29)27-10-4-5-16(13-27)15-32-18-8-6-17(7-9-18)23(24,25)26;14-13(15,16)11-3-5-12(6-4-11)18-9-10-2-1-7-17-8-10;1-10(2,3)16-9(14)11-4-5-15-7(6-11)8(12)13;2-1-3/h6-9,16,19H,4-5,10-15H2,1-3H3;3-6,10,17H,1-2,7-9H2;7H,4-6H2,1-3H3,(H,12,13);1H2. The van der Waals surface area contributed by atoms with Crippen molar-refractivity contribution >= 4 is 47.3 Å². The van der Waals surface area contributed by atoms with Gasteiger partial charge in [-0.25, -0.2) is 14.4 Å². The number of rotatable bonds is 8. The summed E-state index contributed by atoms with van der Waals surface area (Å²) in [6.45, 7) is 15.9. The van der Waals surface area contributed by atoms with Gasteiger partial charge < -0.3 is 53.5 Å². The van der Waals surface area contributed by atoms with Crippen LogP contribution in [0.3, 0.4) is 0 Å². The molecule has 0 bridgehead atoms. The van der Waals surface area contributed by atoms with E-state index in [-0.39, 0.29) is 43.5 Å². The lowest BCUT2D eigenvalue weighted by Gasteiger charge is -2.38. The predicted octanol–water partition coefficient (Wildman–Crippen LogP) is 9.17. The molecule has 396 valence electrons. The highest BCUT2D eigenvalue weighted by Gasteiger charge is 2.37. The van der Waals surface area contributed by atoms with Crippen LogP contribution in [-0.2, 0) is 40.9 Å². The van der Waals surface area contributed by atoms with Crippen LogP contribution in [0.1, 0.15) is 78.4 Å². The number of morpholine rings is 2. The minimum absolute atomic E-state index is 0.0320. The molecule has 4 atom stereocenters. The summed E-state index contributed by atoms with van der Waals surface area (Å²) in [6, 6.07) is 9.43. The highest BCUT2D eigenvalue weighted by Crippen LogP contribution is 2.32. The Morgan fingerprint density at radius 1 is 0.643 bits per heavy atom. The Morgan fingerprint density at radius 2 is 1.07 bits per heavy atom. The Bertz CT molecular complexity index is 1910. The van der Waals surface area contributed by atoms with E-state index in [1.54, 1.807) is 46.4 Å². The molecule has 0 saturated carbocycles. The number of benzene rings is 2. The maximum atomic E-state index is 13.0. The van der Waals surface area contributed by atoms with E-state index >= 15 is 0 Å². The van der Waals surface area contributed by atoms with Gasteiger partial charge in [0.15, 0.2) is 12.2 Å². The van der Waals surface area contributed by atoms with Gasteiger partial charge in [0, 0.05) is 44.6 Å². The SMILES string of the molecule is CC(C)(C)OC(=O)N1CCOC(C(=O)N2CCCC(COc3ccc(C(F)(F)F)cc3)C2)C1.CC(C)(C)OC(=O)N1CCOC(C(=O)O)C1.ClCCl.FC(F)(F)c1ccc(OCC2CCCNC2)cc1. The van der Waals surface area contributed by atoms with E-state index < -0.39 is 65.0 Å². The molecular formula is C47H66Cl2F6N4O11. The first-order chi connectivity index (χ1) is 32.7. The van der Waals surface area contributed by atoms with Crippen molar-refractivity contribution in [2.45, 2.75) is 103 Å². The van der Waals surface area contributed by atoms with Gasteiger partial charge in [0.2, 0.25) is 0 Å². The maximum Gasteiger partial charge on any atom is 0.416 e. The zero-order valence-corrected chi connectivity index (χ0v) is 41.9. The van der Waals surface area contributed by atoms with Gasteiger partial charge in [-0.1, -0.05) is 0 Å². The van der Waals surface area contributed by atoms with Crippen molar-refractivity contribution in [3.63, 3.8) is 0 Å². The molecule has 23 heteroatoms. The monoisotopic (exact) mass is 1050 g/mol. The van der Waals surface area contributed by atoms with E-state index in [2.05, 4.69) is 5.32 Å². The molecule has 6 rings (SSSR count). The fourth-order valence-corrected chi connectivity index (χ4v) is 7.16. The number of nitrogens with one attached hydrogen (secondary N) is 1. The number of amides is 3. The van der Waals surface area contributed by atoms with Crippen LogP contribution in [-0.4, -0.2) is 151 Å². The molecule has 4 fully saturated rings. The van der Waals surface area contributed by atoms with E-state index in [0.29, 0.717) is 56.8 Å². The van der Waals surface area contributed by atoms with Gasteiger partial charge in [0.1, 0.15) is 22.7 Å². The molecule has 4 aliphatic rings. The molecule has 2 aromatic rings. The number of nitrogens with zero attached hydrogens (tertiary/aromatic N) is 3. The van der Waals surface area contributed by atoms with Crippen molar-refractivity contribution in [1.82, 2.24) is 20.0 Å². The Balaban J connectivity index is 0.000000295. The van der Waals surface area contributed by atoms with E-state index in [1.807, 2.05) is 0 Å². The maximum absolute atomic E-state index is 13.0. The van der Waals surface area contributed by atoms with Gasteiger partial charge in [-0.3, -0.25) is 4.79 Å². The third-order valence-corrected chi connectivity index (χ3v) is 10.6. The third-order valence-electron chi connectivity index (χ3n) is 10.6. The van der Waals surface area contributed by atoms with Crippen LogP contribution in [0.4, 0.5) is 35.9 Å². The lowest BCUT2D eigenvalue weighted by Crippen LogP contribution is -2.55. The molecule has 4 saturated heterocycles. The first-order valence-electron chi connectivity index (χ1n) is 22.8. The van der Waals surface area contributed by atoms with Crippen LogP contribution in [0.15, 0.2) is 48.5 Å². The number of likely N-dealkylation sites (tertiary alicyclic amines) is 1. The molecule has 0 aromatic heterocycles. The summed E-state index contributed by atoms with van der Waals surface area (Å²) >= 11 is 9.53. The minimum atomic E-state index is -4.39. The molecule has 15 nitrogen and oxygen atoms in total. The zero-order chi connectivity index (χ0) is 52.3. The second-order valence-electron chi connectivity index (χ2n) is 18.7. The van der Waals surface area contributed by atoms with E-state index in [1.165, 1.54) is 34.1 Å². The Hall–Kier alpha value is -4.44. The fraction of sp³-hybridized carbons (Fsp3) is 0.660. The van der Waals surface area contributed by atoms with Crippen LogP contribution >= 0.6 is 23.2 Å². The smallest absolute Gasteiger partial charge is 0.416 e. The summed E-state index contributed by atoms with van der Waals surface area (Å²) in [7, 11) is 0. The van der Waals surface area contributed by atoms with Crippen molar-refractivity contribution in [1.29, 1.82) is 0 Å². The van der Waals surface area contributed by atoms with E-state index in [9.17, 15) is 45.5 Å². The molecule has 3 amide bonds. The van der Waals surface area contributed by atoms with Gasteiger partial charge in [-0.2, -0.15) is 26.3 Å². The van der Waals surface area contributed by atoms with Crippen LogP contribution < -0.4 is 14.8 Å². The van der Waals surface area contributed by atoms with Crippen molar-refractivity contribution in [3.05, 3.63) is 59.7 Å². The van der Waals surface area contributed by atoms with Gasteiger partial charge in [-0.15, -0.1) is 23.2 Å². The van der Waals surface area contributed by atoms with Crippen molar-refractivity contribution in [2.24, 2.45) is 11.8 Å². The molecule has 2 aromatic carbocycles. The number of ether oxygens (including phenoxy) is 6. The molecule has 4 unspecified atom stereocenters. The van der Waals surface area contributed by atoms with Crippen LogP contribution in [0.2, 0.25) is 0 Å². The van der Waals surface area contributed by atoms with Crippen molar-refractivity contribution in [3.8, 4) is 11.5 Å². The summed E-state index contributed by atoms with van der Waals surface area (Å²) in [6.07, 6.45) is -7.48. The lowest BCUT2D eigenvalue weighted by molar-refractivity contribution is -0.155. The highest BCUT2D eigenvalue weighted by molar-refractivity contribution is 6.40. The van der Waals surface area contributed by atoms with Gasteiger partial charge in [-0.05, 0) is 122 Å². The highest BCUT2D eigenvalue weighted by atomic mass is 35.5. The van der Waals surface area contributed by atoms with Gasteiger partial charge in [0.05, 0.1) is 56.0 Å². The second-order valence-corrected chi connectivity index (χ2v) is 19.5. The topological polar surface area (TPSA) is 166 Å². The third kappa shape index (κ3) is 22.3. The number of halogens is 8. The fourth-order valence-electron chi connectivity index (χ4n) is 7.16. The number of hydrogen-bond acceptors (Lipinski definition) is 11. The average molecular weight is 1050 g/mol. The molecule has 70 heavy (non-hydrogen) atoms. The van der Waals surface area contributed by atoms with Crippen molar-refractivity contribution in [2.75, 3.05) is 84.1 Å². The van der Waals surface area contributed by atoms with Gasteiger partial charge in [0.25, 0.3) is 5.91 Å². The summed E-state index contributed by atoms with van der Waals surface area (Å²) in [5, 5.41) is 12.2. The molecule has 0 radical (unpaired) electrons. The molecule has 0 spiro atoms. The normalized spacial score (nSPS) is 21.0. The number of carboxylic acid groups (broad SMARTS) is 1. The average Bonchev–Trinajstić information content (AvgIpc) is 3.30. The molecule has 0 aliphatic carbocycles. The summed E-state index contributed by atoms with van der Waals surface area (Å²) in [5.74, 6) is 0.107. The Morgan fingerprint density at radius 3 is 1.49 bits per heavy atom. The lowest BCUT2D eigenvalue weighted by atomic mass is 9.98. The first-order valence-corrected chi connectivity index (χ1v) is 23.9. The number of aliphatic carboxylic acids is 1.